The van der Waals surface area contributed by atoms with Gasteiger partial charge in [-0.1, -0.05) is 0 Å². The fourth-order valence-corrected chi connectivity index (χ4v) is 4.40. The van der Waals surface area contributed by atoms with E-state index in [1.54, 1.807) is 28.6 Å². The molecule has 154 valence electrons. The Morgan fingerprint density at radius 3 is 2.60 bits per heavy atom. The van der Waals surface area contributed by atoms with Crippen LogP contribution in [0.3, 0.4) is 0 Å². The van der Waals surface area contributed by atoms with Crippen molar-refractivity contribution < 1.29 is 4.79 Å². The lowest BCUT2D eigenvalue weighted by Gasteiger charge is -2.35. The van der Waals surface area contributed by atoms with E-state index in [4.69, 9.17) is 5.26 Å². The molecule has 1 aliphatic heterocycles. The summed E-state index contributed by atoms with van der Waals surface area (Å²) in [7, 11) is 1.88. The first-order chi connectivity index (χ1) is 14.5. The summed E-state index contributed by atoms with van der Waals surface area (Å²) in [5.74, 6) is 2.53. The van der Waals surface area contributed by atoms with Crippen LogP contribution in [0, 0.1) is 18.3 Å². The van der Waals surface area contributed by atoms with Crippen molar-refractivity contribution in [3.05, 3.63) is 41.9 Å². The van der Waals surface area contributed by atoms with E-state index in [-0.39, 0.29) is 5.91 Å². The molecule has 0 spiro atoms. The van der Waals surface area contributed by atoms with E-state index in [0.717, 1.165) is 46.4 Å². The second-order valence-corrected chi connectivity index (χ2v) is 8.37. The van der Waals surface area contributed by atoms with Crippen LogP contribution in [0.4, 0.5) is 5.82 Å². The van der Waals surface area contributed by atoms with Crippen LogP contribution in [0.5, 0.6) is 0 Å². The summed E-state index contributed by atoms with van der Waals surface area (Å²) in [6.07, 6.45) is 2.31. The van der Waals surface area contributed by atoms with Crippen LogP contribution in [0.2, 0.25) is 0 Å². The Balaban J connectivity index is 1.31. The van der Waals surface area contributed by atoms with Crippen LogP contribution < -0.4 is 4.90 Å². The number of piperazine rings is 1. The van der Waals surface area contributed by atoms with Gasteiger partial charge in [-0.05, 0) is 31.2 Å². The van der Waals surface area contributed by atoms with Crippen LogP contribution in [0.25, 0.3) is 11.0 Å². The molecule has 1 aromatic carbocycles. The molecule has 3 heterocycles. The van der Waals surface area contributed by atoms with Crippen LogP contribution in [0.1, 0.15) is 17.8 Å². The molecule has 0 atom stereocenters. The Labute approximate surface area is 179 Å². The Bertz CT molecular complexity index is 1090. The highest BCUT2D eigenvalue weighted by Gasteiger charge is 2.24. The number of carbonyl (C=O) groups is 1. The zero-order chi connectivity index (χ0) is 21.1. The van der Waals surface area contributed by atoms with Gasteiger partial charge in [-0.25, -0.2) is 9.97 Å². The summed E-state index contributed by atoms with van der Waals surface area (Å²) < 4.78 is 1.76. The number of nitrogens with zero attached hydrogens (tertiary/aromatic N) is 7. The normalized spacial score (nSPS) is 14.2. The summed E-state index contributed by atoms with van der Waals surface area (Å²) in [4.78, 5) is 27.0. The zero-order valence-electron chi connectivity index (χ0n) is 17.1. The minimum Gasteiger partial charge on any atom is -0.352 e. The smallest absolute Gasteiger partial charge is 0.223 e. The number of nitriles is 1. The van der Waals surface area contributed by atoms with Crippen molar-refractivity contribution in [3.8, 4) is 6.07 Å². The Morgan fingerprint density at radius 1 is 1.17 bits per heavy atom. The minimum absolute atomic E-state index is 0.182. The number of benzene rings is 1. The van der Waals surface area contributed by atoms with Crippen LogP contribution in [0.15, 0.2) is 35.4 Å². The van der Waals surface area contributed by atoms with Crippen molar-refractivity contribution in [2.45, 2.75) is 18.2 Å². The molecule has 0 bridgehead atoms. The lowest BCUT2D eigenvalue weighted by molar-refractivity contribution is -0.131. The highest BCUT2D eigenvalue weighted by atomic mass is 32.2. The molecule has 0 N–H and O–H groups in total. The molecule has 0 unspecified atom stereocenters. The Hall–Kier alpha value is -3.12. The third-order valence-electron chi connectivity index (χ3n) is 5.18. The van der Waals surface area contributed by atoms with Crippen LogP contribution >= 0.6 is 11.8 Å². The summed E-state index contributed by atoms with van der Waals surface area (Å²) in [5.41, 5.74) is 1.48. The number of fused-ring (bicyclic) bond motifs is 1. The monoisotopic (exact) mass is 421 g/mol. The number of rotatable bonds is 5. The van der Waals surface area contributed by atoms with Crippen LogP contribution in [-0.2, 0) is 11.8 Å². The van der Waals surface area contributed by atoms with E-state index in [9.17, 15) is 4.79 Å². The van der Waals surface area contributed by atoms with E-state index < -0.39 is 0 Å². The van der Waals surface area contributed by atoms with Crippen molar-refractivity contribution in [1.82, 2.24) is 24.6 Å². The average Bonchev–Trinajstić information content (AvgIpc) is 3.14. The van der Waals surface area contributed by atoms with Gasteiger partial charge in [0.25, 0.3) is 0 Å². The molecule has 8 nitrogen and oxygen atoms in total. The summed E-state index contributed by atoms with van der Waals surface area (Å²) >= 11 is 1.64. The number of hydrogen-bond acceptors (Lipinski definition) is 7. The number of anilines is 1. The molecule has 9 heteroatoms. The maximum Gasteiger partial charge on any atom is 0.223 e. The fraction of sp³-hybridized carbons (Fsp3) is 0.381. The van der Waals surface area contributed by atoms with E-state index in [2.05, 4.69) is 26.0 Å². The largest absolute Gasteiger partial charge is 0.352 e. The third-order valence-corrected chi connectivity index (χ3v) is 6.20. The van der Waals surface area contributed by atoms with Gasteiger partial charge in [0.1, 0.15) is 11.6 Å². The van der Waals surface area contributed by atoms with Crippen molar-refractivity contribution >= 4 is 34.5 Å². The Morgan fingerprint density at radius 2 is 1.90 bits per heavy atom. The van der Waals surface area contributed by atoms with Crippen molar-refractivity contribution in [3.63, 3.8) is 0 Å². The number of amides is 1. The van der Waals surface area contributed by atoms with Gasteiger partial charge in [0.15, 0.2) is 5.65 Å². The first-order valence-corrected chi connectivity index (χ1v) is 10.9. The maximum atomic E-state index is 12.6. The molecule has 1 amide bonds. The molecule has 0 aliphatic carbocycles. The molecule has 2 aromatic heterocycles. The lowest BCUT2D eigenvalue weighted by Crippen LogP contribution is -2.49. The highest BCUT2D eigenvalue weighted by Crippen LogP contribution is 2.25. The topological polar surface area (TPSA) is 90.9 Å². The molecule has 0 radical (unpaired) electrons. The fourth-order valence-electron chi connectivity index (χ4n) is 3.56. The van der Waals surface area contributed by atoms with E-state index in [1.807, 2.05) is 37.2 Å². The highest BCUT2D eigenvalue weighted by molar-refractivity contribution is 7.99. The molecule has 0 saturated carbocycles. The predicted molar refractivity (Wildman–Crippen MR) is 116 cm³/mol. The van der Waals surface area contributed by atoms with Crippen molar-refractivity contribution in [1.29, 1.82) is 5.26 Å². The average molecular weight is 422 g/mol. The van der Waals surface area contributed by atoms with Gasteiger partial charge in [-0.15, -0.1) is 11.8 Å². The SMILES string of the molecule is Cc1nc(N2CCN(C(=O)CCSc3ccc(C#N)cc3)CC2)c2cnn(C)c2n1. The Kier molecular flexibility index (Phi) is 5.86. The molecule has 1 aliphatic rings. The molecule has 3 aromatic rings. The van der Waals surface area contributed by atoms with E-state index in [1.165, 1.54) is 0 Å². The predicted octanol–water partition coefficient (Wildman–Crippen LogP) is 2.37. The number of aryl methyl sites for hydroxylation is 2. The molecule has 30 heavy (non-hydrogen) atoms. The van der Waals surface area contributed by atoms with Crippen molar-refractivity contribution in [2.75, 3.05) is 36.8 Å². The van der Waals surface area contributed by atoms with E-state index >= 15 is 0 Å². The number of hydrogen-bond donors (Lipinski definition) is 0. The molecular weight excluding hydrogens is 398 g/mol. The van der Waals surface area contributed by atoms with Gasteiger partial charge >= 0.3 is 0 Å². The van der Waals surface area contributed by atoms with Gasteiger partial charge in [-0.2, -0.15) is 10.4 Å². The van der Waals surface area contributed by atoms with Crippen LogP contribution in [-0.4, -0.2) is 62.5 Å². The zero-order valence-corrected chi connectivity index (χ0v) is 17.9. The second kappa shape index (κ2) is 8.71. The number of carbonyl (C=O) groups excluding carboxylic acids is 1. The molecule has 1 fully saturated rings. The summed E-state index contributed by atoms with van der Waals surface area (Å²) in [6, 6.07) is 9.57. The van der Waals surface area contributed by atoms with Gasteiger partial charge in [0, 0.05) is 50.3 Å². The quantitative estimate of drug-likeness (QED) is 0.584. The minimum atomic E-state index is 0.182. The summed E-state index contributed by atoms with van der Waals surface area (Å²) in [5, 5.41) is 14.1. The van der Waals surface area contributed by atoms with Gasteiger partial charge in [-0.3, -0.25) is 9.48 Å². The first kappa shape index (κ1) is 20.2. The number of thioether (sulfide) groups is 1. The molecular formula is C21H23N7OS. The van der Waals surface area contributed by atoms with Crippen molar-refractivity contribution in [2.24, 2.45) is 7.05 Å². The van der Waals surface area contributed by atoms with Gasteiger partial charge in [0.05, 0.1) is 23.2 Å². The third kappa shape index (κ3) is 4.24. The van der Waals surface area contributed by atoms with Gasteiger partial charge < -0.3 is 9.80 Å². The molecule has 1 saturated heterocycles. The molecule has 4 rings (SSSR count). The maximum absolute atomic E-state index is 12.6. The standard InChI is InChI=1S/C21H23N7OS/c1-15-24-20-18(14-23-26(20)2)21(25-15)28-10-8-27(9-11-28)19(29)7-12-30-17-5-3-16(13-22)4-6-17/h3-6,14H,7-12H2,1-2H3. The van der Waals surface area contributed by atoms with Gasteiger partial charge in [0.2, 0.25) is 5.91 Å². The van der Waals surface area contributed by atoms with E-state index in [0.29, 0.717) is 25.1 Å². The second-order valence-electron chi connectivity index (χ2n) is 7.20. The first-order valence-electron chi connectivity index (χ1n) is 9.87. The summed E-state index contributed by atoms with van der Waals surface area (Å²) in [6.45, 7) is 4.75. The lowest BCUT2D eigenvalue weighted by atomic mass is 10.2. The number of aromatic nitrogens is 4.